The molecular formula is C80H76Cl4N4O16. The summed E-state index contributed by atoms with van der Waals surface area (Å²) in [6.07, 6.45) is -0.737. The van der Waals surface area contributed by atoms with E-state index in [-0.39, 0.29) is 232 Å². The second kappa shape index (κ2) is 30.4. The van der Waals surface area contributed by atoms with Crippen LogP contribution >= 0.6 is 46.4 Å². The largest absolute Gasteiger partial charge is 0.463 e. The van der Waals surface area contributed by atoms with Crippen LogP contribution in [0.25, 0.3) is 43.1 Å². The highest BCUT2D eigenvalue weighted by molar-refractivity contribution is 6.45. The zero-order valence-corrected chi connectivity index (χ0v) is 61.5. The molecule has 0 aliphatic carbocycles. The first-order valence-corrected chi connectivity index (χ1v) is 36.3. The number of hydrogen-bond acceptors (Lipinski definition) is 16. The lowest BCUT2D eigenvalue weighted by atomic mass is 9.80. The van der Waals surface area contributed by atoms with Crippen LogP contribution in [0.15, 0.2) is 121 Å². The van der Waals surface area contributed by atoms with Crippen LogP contribution < -0.4 is 18.9 Å². The average molecular weight is 1490 g/mol. The summed E-state index contributed by atoms with van der Waals surface area (Å²) in [6.45, 7) is 16.4. The highest BCUT2D eigenvalue weighted by atomic mass is 35.5. The Balaban J connectivity index is 1.12. The van der Waals surface area contributed by atoms with E-state index in [1.807, 2.05) is 55.4 Å². The van der Waals surface area contributed by atoms with E-state index in [9.17, 15) is 9.59 Å². The number of halogens is 4. The van der Waals surface area contributed by atoms with Crippen LogP contribution in [0, 0.1) is 23.7 Å². The Kier molecular flexibility index (Phi) is 21.4. The maximum Gasteiger partial charge on any atom is 0.307 e. The number of ether oxygens (including phenoxy) is 8. The van der Waals surface area contributed by atoms with E-state index >= 15 is 28.8 Å². The summed E-state index contributed by atoms with van der Waals surface area (Å²) in [6, 6.07) is 29.2. The van der Waals surface area contributed by atoms with Gasteiger partial charge in [-0.3, -0.25) is 48.2 Å². The molecule has 4 aliphatic heterocycles. The van der Waals surface area contributed by atoms with Gasteiger partial charge in [0.05, 0.1) is 48.3 Å². The summed E-state index contributed by atoms with van der Waals surface area (Å²) >= 11 is 27.1. The summed E-state index contributed by atoms with van der Waals surface area (Å²) in [4.78, 5) is 129. The van der Waals surface area contributed by atoms with Crippen LogP contribution in [0.4, 0.5) is 0 Å². The Morgan fingerprint density at radius 2 is 0.692 bits per heavy atom. The molecule has 2 fully saturated rings. The van der Waals surface area contributed by atoms with E-state index in [1.165, 1.54) is 34.1 Å². The summed E-state index contributed by atoms with van der Waals surface area (Å²) in [5, 5.41) is 2.24. The van der Waals surface area contributed by atoms with Crippen molar-refractivity contribution < 1.29 is 76.3 Å². The van der Waals surface area contributed by atoms with Crippen LogP contribution in [-0.2, 0) is 38.1 Å². The van der Waals surface area contributed by atoms with Gasteiger partial charge in [0.25, 0.3) is 23.6 Å². The third-order valence-corrected chi connectivity index (χ3v) is 19.2. The van der Waals surface area contributed by atoms with E-state index in [0.29, 0.717) is 13.2 Å². The predicted octanol–water partition coefficient (Wildman–Crippen LogP) is 17.2. The molecule has 13 rings (SSSR count). The second-order valence-corrected chi connectivity index (χ2v) is 30.1. The number of epoxide rings is 2. The number of amides is 6. The van der Waals surface area contributed by atoms with Crippen molar-refractivity contribution in [2.24, 2.45) is 23.7 Å². The minimum absolute atomic E-state index is 0.0000944. The molecule has 4 atom stereocenters. The van der Waals surface area contributed by atoms with Crippen molar-refractivity contribution in [2.75, 3.05) is 52.6 Å². The fourth-order valence-electron chi connectivity index (χ4n) is 13.8. The van der Waals surface area contributed by atoms with Crippen LogP contribution in [0.1, 0.15) is 123 Å². The molecule has 20 nitrogen and oxygen atoms in total. The molecule has 4 aliphatic rings. The standard InChI is InChI=1S/C80H76Cl4N4O16/c1-41(2)25-59(79(95)85(35-43(5)6)23-21-65(89)99-39-53-37-97-53)87-75(91)55-31-61(101-49-17-9-13-45(81)27-49)69-71-63(103-51-19-11-15-47(83)29-51)33-57-68-58(78(94)88(77(57)93)60(26-42(3)4)80(96)86(36-44(7)8)24-22-66(90)100-40-54-38-98-54)34-64(104-52-20-12-16-48(84)30-52)72(74(68)71)70-62(102-50-18-10-14-46(82)28-50)32-56(76(87)92)67(55)73(69)70/h9-20,27-34,41-44,53-54,59-60H,21-26,35-40H2,1-8H3. The number of hydrogen-bond donors (Lipinski definition) is 0. The number of rotatable bonds is 30. The predicted molar refractivity (Wildman–Crippen MR) is 395 cm³/mol. The molecule has 540 valence electrons. The molecule has 0 aromatic heterocycles. The van der Waals surface area contributed by atoms with Crippen molar-refractivity contribution in [3.8, 4) is 46.0 Å². The van der Waals surface area contributed by atoms with Crippen molar-refractivity contribution in [3.63, 3.8) is 0 Å². The van der Waals surface area contributed by atoms with E-state index < -0.39 is 59.5 Å². The normalized spacial score (nSPS) is 16.0. The maximum atomic E-state index is 16.5. The van der Waals surface area contributed by atoms with E-state index in [2.05, 4.69) is 0 Å². The SMILES string of the molecule is CC(C)CC(C(=O)N(CCC(=O)OCC1CO1)CC(C)C)N1C(=O)c2cc(Oc3cccc(Cl)c3)c3c4c(Oc5cccc(Cl)c5)cc5c6c(cc(Oc7cccc(Cl)c7)c(c7c(Oc8cccc(Cl)c8)cc(c2c37)C1=O)c64)C(=O)N(C(CC(C)C)C(=O)N(CCC(=O)OCC1CO1)CC(C)C)C5=O. The molecule has 104 heavy (non-hydrogen) atoms. The van der Waals surface area contributed by atoms with Gasteiger partial charge in [-0.25, -0.2) is 0 Å². The molecule has 0 bridgehead atoms. The fraction of sp³-hybridized carbons (Fsp3) is 0.350. The third-order valence-electron chi connectivity index (χ3n) is 18.3. The number of carbonyl (C=O) groups is 8. The Bertz CT molecular complexity index is 4410. The van der Waals surface area contributed by atoms with Gasteiger partial charge in [0.1, 0.15) is 83.5 Å². The summed E-state index contributed by atoms with van der Waals surface area (Å²) in [7, 11) is 0. The van der Waals surface area contributed by atoms with Crippen LogP contribution in [0.2, 0.25) is 20.1 Å². The zero-order chi connectivity index (χ0) is 73.7. The number of esters is 2. The van der Waals surface area contributed by atoms with Crippen molar-refractivity contribution in [2.45, 2.75) is 105 Å². The molecule has 4 heterocycles. The first-order chi connectivity index (χ1) is 49.8. The monoisotopic (exact) mass is 1490 g/mol. The Morgan fingerprint density at radius 3 is 0.933 bits per heavy atom. The van der Waals surface area contributed by atoms with Crippen LogP contribution in [0.5, 0.6) is 46.0 Å². The number of nitrogens with zero attached hydrogens (tertiary/aromatic N) is 4. The minimum Gasteiger partial charge on any atom is -0.463 e. The van der Waals surface area contributed by atoms with Gasteiger partial charge >= 0.3 is 11.9 Å². The zero-order valence-electron chi connectivity index (χ0n) is 58.5. The topological polar surface area (TPSA) is 230 Å². The fourth-order valence-corrected chi connectivity index (χ4v) is 14.5. The highest BCUT2D eigenvalue weighted by Gasteiger charge is 2.48. The lowest BCUT2D eigenvalue weighted by molar-refractivity contribution is -0.147. The average Bonchev–Trinajstić information content (AvgIpc) is 1.15. The Hall–Kier alpha value is -9.28. The van der Waals surface area contributed by atoms with Gasteiger partial charge in [0.2, 0.25) is 11.8 Å². The molecule has 0 saturated carbocycles. The summed E-state index contributed by atoms with van der Waals surface area (Å²) in [5.41, 5.74) is -0.350. The van der Waals surface area contributed by atoms with Crippen molar-refractivity contribution in [1.29, 1.82) is 0 Å². The van der Waals surface area contributed by atoms with Gasteiger partial charge < -0.3 is 47.7 Å². The maximum absolute atomic E-state index is 16.5. The number of fused-ring (bicyclic) bond motifs is 2. The summed E-state index contributed by atoms with van der Waals surface area (Å²) in [5.74, 6) is -6.02. The quantitative estimate of drug-likeness (QED) is 0.0134. The van der Waals surface area contributed by atoms with Crippen molar-refractivity contribution >= 4 is 137 Å². The van der Waals surface area contributed by atoms with Crippen LogP contribution in [-0.4, -0.2) is 144 Å². The molecule has 9 aromatic carbocycles. The van der Waals surface area contributed by atoms with Gasteiger partial charge in [0.15, 0.2) is 0 Å². The molecule has 0 N–H and O–H groups in total. The first-order valence-electron chi connectivity index (χ1n) is 34.8. The molecule has 4 unspecified atom stereocenters. The minimum atomic E-state index is -1.44. The molecule has 6 amide bonds. The number of imide groups is 2. The smallest absolute Gasteiger partial charge is 0.307 e. The molecular weight excluding hydrogens is 1410 g/mol. The number of benzene rings is 9. The first kappa shape index (κ1) is 73.0. The lowest BCUT2D eigenvalue weighted by Crippen LogP contribution is -2.55. The van der Waals surface area contributed by atoms with E-state index in [4.69, 9.17) is 84.3 Å². The number of carbonyl (C=O) groups excluding carboxylic acids is 8. The highest BCUT2D eigenvalue weighted by Crippen LogP contribution is 2.58. The van der Waals surface area contributed by atoms with Crippen molar-refractivity contribution in [3.05, 3.63) is 164 Å². The van der Waals surface area contributed by atoms with Gasteiger partial charge in [-0.15, -0.1) is 0 Å². The second-order valence-electron chi connectivity index (χ2n) is 28.3. The third kappa shape index (κ3) is 15.4. The Morgan fingerprint density at radius 1 is 0.413 bits per heavy atom. The van der Waals surface area contributed by atoms with Gasteiger partial charge in [-0.1, -0.05) is 126 Å². The molecule has 0 radical (unpaired) electrons. The van der Waals surface area contributed by atoms with Gasteiger partial charge in [-0.05, 0) is 134 Å². The molecule has 2 saturated heterocycles. The van der Waals surface area contributed by atoms with Crippen molar-refractivity contribution in [1.82, 2.24) is 19.6 Å². The molecule has 24 heteroatoms. The Labute approximate surface area is 620 Å². The van der Waals surface area contributed by atoms with Gasteiger partial charge in [-0.2, -0.15) is 0 Å². The molecule has 0 spiro atoms. The van der Waals surface area contributed by atoms with E-state index in [1.54, 1.807) is 97.1 Å². The summed E-state index contributed by atoms with van der Waals surface area (Å²) < 4.78 is 50.0. The van der Waals surface area contributed by atoms with E-state index in [0.717, 1.165) is 9.80 Å². The van der Waals surface area contributed by atoms with Gasteiger partial charge in [0, 0.05) is 89.4 Å². The van der Waals surface area contributed by atoms with Crippen LogP contribution in [0.3, 0.4) is 0 Å². The molecule has 9 aromatic rings. The lowest BCUT2D eigenvalue weighted by Gasteiger charge is -2.38.